The Hall–Kier alpha value is -4.06. The zero-order valence-electron chi connectivity index (χ0n) is 19.9. The first kappa shape index (κ1) is 21.5. The van der Waals surface area contributed by atoms with Crippen molar-refractivity contribution in [3.8, 4) is 22.6 Å². The van der Waals surface area contributed by atoms with Crippen molar-refractivity contribution < 1.29 is 4.42 Å². The third-order valence-electron chi connectivity index (χ3n) is 6.53. The normalized spacial score (nSPS) is 13.5. The van der Waals surface area contributed by atoms with Crippen molar-refractivity contribution >= 4 is 16.8 Å². The minimum Gasteiger partial charge on any atom is -0.446 e. The SMILES string of the molecule is CC(C)N(Cc1ccc(-c2ccccn2)nc1)c1cc(-c2cccnc2C2CC2)nc2occc12. The smallest absolute Gasteiger partial charge is 0.228 e. The molecule has 0 bridgehead atoms. The van der Waals surface area contributed by atoms with Crippen LogP contribution in [0.5, 0.6) is 0 Å². The fourth-order valence-electron chi connectivity index (χ4n) is 4.55. The summed E-state index contributed by atoms with van der Waals surface area (Å²) in [7, 11) is 0. The number of fused-ring (bicyclic) bond motifs is 1. The standard InChI is InChI=1S/C29H27N5O/c1-19(2)34(18-20-8-11-25(32-17-20)24-7-3-4-13-30-24)27-16-26(33-29-23(27)12-15-35-29)22-6-5-14-31-28(22)21-9-10-21/h3-8,11-17,19,21H,9-10,18H2,1-2H3. The molecule has 35 heavy (non-hydrogen) atoms. The van der Waals surface area contributed by atoms with Crippen LogP contribution in [0.4, 0.5) is 5.69 Å². The lowest BCUT2D eigenvalue weighted by Gasteiger charge is -2.30. The van der Waals surface area contributed by atoms with Crippen molar-refractivity contribution in [2.24, 2.45) is 0 Å². The van der Waals surface area contributed by atoms with Crippen molar-refractivity contribution in [2.75, 3.05) is 4.90 Å². The molecule has 0 aliphatic heterocycles. The number of hydrogen-bond donors (Lipinski definition) is 0. The van der Waals surface area contributed by atoms with Crippen LogP contribution in [-0.4, -0.2) is 26.0 Å². The molecule has 0 radical (unpaired) electrons. The van der Waals surface area contributed by atoms with E-state index in [1.807, 2.05) is 48.8 Å². The minimum absolute atomic E-state index is 0.260. The molecule has 0 amide bonds. The molecular formula is C29H27N5O. The van der Waals surface area contributed by atoms with Crippen LogP contribution < -0.4 is 4.90 Å². The van der Waals surface area contributed by atoms with Crippen LogP contribution in [-0.2, 0) is 6.54 Å². The van der Waals surface area contributed by atoms with E-state index in [0.29, 0.717) is 11.6 Å². The van der Waals surface area contributed by atoms with Crippen LogP contribution in [0.3, 0.4) is 0 Å². The molecule has 5 aromatic rings. The molecule has 6 rings (SSSR count). The lowest BCUT2D eigenvalue weighted by molar-refractivity contribution is 0.603. The van der Waals surface area contributed by atoms with Crippen molar-refractivity contribution in [1.82, 2.24) is 19.9 Å². The van der Waals surface area contributed by atoms with Gasteiger partial charge in [0.15, 0.2) is 0 Å². The van der Waals surface area contributed by atoms with E-state index in [1.54, 1.807) is 12.5 Å². The third kappa shape index (κ3) is 4.28. The van der Waals surface area contributed by atoms with Gasteiger partial charge in [0.1, 0.15) is 0 Å². The van der Waals surface area contributed by atoms with Crippen molar-refractivity contribution in [3.05, 3.63) is 90.7 Å². The second-order valence-electron chi connectivity index (χ2n) is 9.36. The maximum Gasteiger partial charge on any atom is 0.228 e. The van der Waals surface area contributed by atoms with Gasteiger partial charge in [-0.25, -0.2) is 4.98 Å². The molecule has 5 aromatic heterocycles. The van der Waals surface area contributed by atoms with Crippen molar-refractivity contribution in [1.29, 1.82) is 0 Å². The topological polar surface area (TPSA) is 67.9 Å². The molecule has 0 N–H and O–H groups in total. The number of hydrogen-bond acceptors (Lipinski definition) is 6. The van der Waals surface area contributed by atoms with E-state index in [9.17, 15) is 0 Å². The summed E-state index contributed by atoms with van der Waals surface area (Å²) in [6, 6.07) is 18.6. The highest BCUT2D eigenvalue weighted by molar-refractivity contribution is 5.92. The van der Waals surface area contributed by atoms with E-state index in [1.165, 1.54) is 12.8 Å². The Morgan fingerprint density at radius 2 is 1.77 bits per heavy atom. The Morgan fingerprint density at radius 1 is 0.914 bits per heavy atom. The predicted octanol–water partition coefficient (Wildman–Crippen LogP) is 6.64. The van der Waals surface area contributed by atoms with Gasteiger partial charge in [-0.05, 0) is 74.7 Å². The number of furan rings is 1. The molecule has 0 aromatic carbocycles. The van der Waals surface area contributed by atoms with Gasteiger partial charge in [-0.15, -0.1) is 0 Å². The summed E-state index contributed by atoms with van der Waals surface area (Å²) in [5.41, 5.74) is 7.78. The highest BCUT2D eigenvalue weighted by Gasteiger charge is 2.29. The molecule has 1 saturated carbocycles. The average Bonchev–Trinajstić information content (AvgIpc) is 3.64. The van der Waals surface area contributed by atoms with Crippen molar-refractivity contribution in [2.45, 2.75) is 45.2 Å². The van der Waals surface area contributed by atoms with E-state index in [0.717, 1.165) is 51.5 Å². The molecule has 0 unspecified atom stereocenters. The summed E-state index contributed by atoms with van der Waals surface area (Å²) in [4.78, 5) is 21.1. The Morgan fingerprint density at radius 3 is 2.51 bits per heavy atom. The monoisotopic (exact) mass is 461 g/mol. The summed E-state index contributed by atoms with van der Waals surface area (Å²) in [5, 5.41) is 1.01. The summed E-state index contributed by atoms with van der Waals surface area (Å²) in [6.45, 7) is 5.14. The Labute approximate surface area is 204 Å². The summed E-state index contributed by atoms with van der Waals surface area (Å²) in [6.07, 6.45) is 9.72. The van der Waals surface area contributed by atoms with Gasteiger partial charge in [-0.3, -0.25) is 15.0 Å². The Bertz CT molecular complexity index is 1460. The summed E-state index contributed by atoms with van der Waals surface area (Å²) >= 11 is 0. The molecule has 0 spiro atoms. The van der Waals surface area contributed by atoms with Crippen LogP contribution in [0, 0.1) is 0 Å². The maximum absolute atomic E-state index is 5.80. The highest BCUT2D eigenvalue weighted by Crippen LogP contribution is 2.44. The van der Waals surface area contributed by atoms with Crippen LogP contribution in [0.1, 0.15) is 43.9 Å². The zero-order valence-corrected chi connectivity index (χ0v) is 19.9. The minimum atomic E-state index is 0.260. The fraction of sp³-hybridized carbons (Fsp3) is 0.241. The lowest BCUT2D eigenvalue weighted by Crippen LogP contribution is -2.30. The average molecular weight is 462 g/mol. The third-order valence-corrected chi connectivity index (χ3v) is 6.53. The summed E-state index contributed by atoms with van der Waals surface area (Å²) < 4.78 is 5.80. The quantitative estimate of drug-likeness (QED) is 0.271. The molecule has 1 fully saturated rings. The van der Waals surface area contributed by atoms with Gasteiger partial charge in [-0.1, -0.05) is 12.1 Å². The first-order valence-corrected chi connectivity index (χ1v) is 12.1. The second-order valence-corrected chi connectivity index (χ2v) is 9.36. The lowest BCUT2D eigenvalue weighted by atomic mass is 10.0. The van der Waals surface area contributed by atoms with Gasteiger partial charge in [0.2, 0.25) is 5.71 Å². The molecule has 6 nitrogen and oxygen atoms in total. The van der Waals surface area contributed by atoms with Gasteiger partial charge >= 0.3 is 0 Å². The van der Waals surface area contributed by atoms with E-state index >= 15 is 0 Å². The highest BCUT2D eigenvalue weighted by atomic mass is 16.3. The Balaban J connectivity index is 1.38. The summed E-state index contributed by atoms with van der Waals surface area (Å²) in [5.74, 6) is 0.536. The zero-order chi connectivity index (χ0) is 23.8. The largest absolute Gasteiger partial charge is 0.446 e. The molecular weight excluding hydrogens is 434 g/mol. The molecule has 6 heteroatoms. The fourth-order valence-corrected chi connectivity index (χ4v) is 4.55. The first-order chi connectivity index (χ1) is 17.2. The molecule has 0 saturated heterocycles. The van der Waals surface area contributed by atoms with Gasteiger partial charge in [-0.2, -0.15) is 0 Å². The van der Waals surface area contributed by atoms with Crippen LogP contribution in [0.2, 0.25) is 0 Å². The number of nitrogens with zero attached hydrogens (tertiary/aromatic N) is 5. The maximum atomic E-state index is 5.80. The molecule has 1 aliphatic rings. The molecule has 174 valence electrons. The predicted molar refractivity (Wildman–Crippen MR) is 138 cm³/mol. The van der Waals surface area contributed by atoms with Crippen molar-refractivity contribution in [3.63, 3.8) is 0 Å². The van der Waals surface area contributed by atoms with E-state index in [2.05, 4.69) is 46.9 Å². The van der Waals surface area contributed by atoms with Gasteiger partial charge < -0.3 is 9.32 Å². The Kier molecular flexibility index (Phi) is 5.49. The number of rotatable bonds is 7. The van der Waals surface area contributed by atoms with Crippen LogP contribution in [0.15, 0.2) is 83.9 Å². The number of pyridine rings is 4. The van der Waals surface area contributed by atoms with Crippen LogP contribution >= 0.6 is 0 Å². The first-order valence-electron chi connectivity index (χ1n) is 12.1. The van der Waals surface area contributed by atoms with Gasteiger partial charge in [0.25, 0.3) is 0 Å². The molecule has 5 heterocycles. The second kappa shape index (κ2) is 8.95. The van der Waals surface area contributed by atoms with Gasteiger partial charge in [0, 0.05) is 42.7 Å². The van der Waals surface area contributed by atoms with E-state index < -0.39 is 0 Å². The molecule has 0 atom stereocenters. The molecule has 1 aliphatic carbocycles. The van der Waals surface area contributed by atoms with Crippen LogP contribution in [0.25, 0.3) is 33.7 Å². The van der Waals surface area contributed by atoms with Gasteiger partial charge in [0.05, 0.1) is 40.1 Å². The number of anilines is 1. The van der Waals surface area contributed by atoms with E-state index in [-0.39, 0.29) is 6.04 Å². The number of aromatic nitrogens is 4. The van der Waals surface area contributed by atoms with E-state index in [4.69, 9.17) is 14.4 Å².